The minimum atomic E-state index is -0.286. The summed E-state index contributed by atoms with van der Waals surface area (Å²) >= 11 is 0. The van der Waals surface area contributed by atoms with Crippen molar-refractivity contribution in [2.24, 2.45) is 0 Å². The van der Waals surface area contributed by atoms with Crippen molar-refractivity contribution < 1.29 is 13.9 Å². The molecule has 0 saturated carbocycles. The Balaban J connectivity index is 1.41. The SMILES string of the molecule is Cc1cc(N2CCN(C(=O)c3ccccc3OCc3ccc(F)cc3)CC2)nc(C(C)C)n1. The first-order chi connectivity index (χ1) is 15.9. The zero-order chi connectivity index (χ0) is 23.4. The molecule has 0 aliphatic carbocycles. The topological polar surface area (TPSA) is 58.6 Å². The number of aromatic nitrogens is 2. The lowest BCUT2D eigenvalue weighted by Gasteiger charge is -2.36. The van der Waals surface area contributed by atoms with Gasteiger partial charge in [-0.15, -0.1) is 0 Å². The summed E-state index contributed by atoms with van der Waals surface area (Å²) in [4.78, 5) is 26.6. The molecular formula is C26H29FN4O2. The van der Waals surface area contributed by atoms with Crippen LogP contribution in [0.25, 0.3) is 0 Å². The van der Waals surface area contributed by atoms with Gasteiger partial charge in [0.1, 0.15) is 29.8 Å². The van der Waals surface area contributed by atoms with Gasteiger partial charge in [-0.1, -0.05) is 38.1 Å². The van der Waals surface area contributed by atoms with E-state index in [0.29, 0.717) is 37.5 Å². The van der Waals surface area contributed by atoms with Gasteiger partial charge in [-0.05, 0) is 36.8 Å². The van der Waals surface area contributed by atoms with Gasteiger partial charge in [-0.25, -0.2) is 14.4 Å². The third-order valence-electron chi connectivity index (χ3n) is 5.69. The van der Waals surface area contributed by atoms with Gasteiger partial charge >= 0.3 is 0 Å². The van der Waals surface area contributed by atoms with Crippen LogP contribution in [-0.2, 0) is 6.61 Å². The Morgan fingerprint density at radius 1 is 1.03 bits per heavy atom. The fourth-order valence-electron chi connectivity index (χ4n) is 3.81. The van der Waals surface area contributed by atoms with Crippen LogP contribution in [0.1, 0.15) is 47.2 Å². The second-order valence-corrected chi connectivity index (χ2v) is 8.57. The lowest BCUT2D eigenvalue weighted by Crippen LogP contribution is -2.49. The Labute approximate surface area is 194 Å². The molecule has 33 heavy (non-hydrogen) atoms. The van der Waals surface area contributed by atoms with Gasteiger partial charge in [0, 0.05) is 43.9 Å². The van der Waals surface area contributed by atoms with Gasteiger partial charge in [0.25, 0.3) is 5.91 Å². The van der Waals surface area contributed by atoms with E-state index in [4.69, 9.17) is 9.72 Å². The number of hydrogen-bond donors (Lipinski definition) is 0. The molecule has 4 rings (SSSR count). The van der Waals surface area contributed by atoms with Crippen molar-refractivity contribution in [3.05, 3.63) is 83.1 Å². The van der Waals surface area contributed by atoms with E-state index in [1.807, 2.05) is 30.0 Å². The highest BCUT2D eigenvalue weighted by atomic mass is 19.1. The molecule has 0 radical (unpaired) electrons. The molecule has 1 saturated heterocycles. The Bertz CT molecular complexity index is 1110. The molecule has 1 aromatic heterocycles. The Hall–Kier alpha value is -3.48. The van der Waals surface area contributed by atoms with Crippen LogP contribution in [0.2, 0.25) is 0 Å². The van der Waals surface area contributed by atoms with Gasteiger partial charge in [-0.2, -0.15) is 0 Å². The molecule has 2 heterocycles. The highest BCUT2D eigenvalue weighted by Gasteiger charge is 2.25. The van der Waals surface area contributed by atoms with Crippen LogP contribution in [0.4, 0.5) is 10.2 Å². The van der Waals surface area contributed by atoms with Crippen molar-refractivity contribution in [2.75, 3.05) is 31.1 Å². The monoisotopic (exact) mass is 448 g/mol. The zero-order valence-corrected chi connectivity index (χ0v) is 19.3. The molecule has 7 heteroatoms. The number of aryl methyl sites for hydroxylation is 1. The number of anilines is 1. The van der Waals surface area contributed by atoms with E-state index >= 15 is 0 Å². The molecule has 172 valence electrons. The second-order valence-electron chi connectivity index (χ2n) is 8.57. The second kappa shape index (κ2) is 9.98. The van der Waals surface area contributed by atoms with Gasteiger partial charge in [0.15, 0.2) is 0 Å². The van der Waals surface area contributed by atoms with Crippen molar-refractivity contribution in [3.8, 4) is 5.75 Å². The third-order valence-corrected chi connectivity index (χ3v) is 5.69. The molecule has 2 aromatic carbocycles. The molecule has 0 bridgehead atoms. The maximum Gasteiger partial charge on any atom is 0.257 e. The van der Waals surface area contributed by atoms with Gasteiger partial charge in [0.2, 0.25) is 0 Å². The van der Waals surface area contributed by atoms with E-state index in [2.05, 4.69) is 23.7 Å². The summed E-state index contributed by atoms with van der Waals surface area (Å²) in [5.74, 6) is 2.22. The summed E-state index contributed by atoms with van der Waals surface area (Å²) in [5, 5.41) is 0. The summed E-state index contributed by atoms with van der Waals surface area (Å²) in [6, 6.07) is 15.4. The molecule has 0 atom stereocenters. The van der Waals surface area contributed by atoms with E-state index in [1.54, 1.807) is 24.3 Å². The third kappa shape index (κ3) is 5.48. The molecule has 0 spiro atoms. The number of benzene rings is 2. The lowest BCUT2D eigenvalue weighted by atomic mass is 10.1. The minimum absolute atomic E-state index is 0.0499. The largest absolute Gasteiger partial charge is 0.488 e. The lowest BCUT2D eigenvalue weighted by molar-refractivity contribution is 0.0741. The summed E-state index contributed by atoms with van der Waals surface area (Å²) in [5.41, 5.74) is 2.33. The molecule has 1 fully saturated rings. The number of carbonyl (C=O) groups is 1. The number of amides is 1. The van der Waals surface area contributed by atoms with Crippen LogP contribution >= 0.6 is 0 Å². The van der Waals surface area contributed by atoms with Gasteiger partial charge in [0.05, 0.1) is 5.56 Å². The maximum atomic E-state index is 13.3. The quantitative estimate of drug-likeness (QED) is 0.552. The predicted molar refractivity (Wildman–Crippen MR) is 126 cm³/mol. The number of rotatable bonds is 6. The Morgan fingerprint density at radius 2 is 1.73 bits per heavy atom. The van der Waals surface area contributed by atoms with E-state index in [-0.39, 0.29) is 24.2 Å². The van der Waals surface area contributed by atoms with Crippen LogP contribution in [0.5, 0.6) is 5.75 Å². The predicted octanol–water partition coefficient (Wildman–Crippen LogP) is 4.59. The van der Waals surface area contributed by atoms with Gasteiger partial charge < -0.3 is 14.5 Å². The number of ether oxygens (including phenoxy) is 1. The highest BCUT2D eigenvalue weighted by molar-refractivity contribution is 5.97. The van der Waals surface area contributed by atoms with E-state index in [1.165, 1.54) is 12.1 Å². The van der Waals surface area contributed by atoms with E-state index in [9.17, 15) is 9.18 Å². The standard InChI is InChI=1S/C26H29FN4O2/c1-18(2)25-28-19(3)16-24(29-25)30-12-14-31(15-13-30)26(32)22-6-4-5-7-23(22)33-17-20-8-10-21(27)11-9-20/h4-11,16,18H,12-15,17H2,1-3H3. The van der Waals surface area contributed by atoms with Crippen LogP contribution < -0.4 is 9.64 Å². The van der Waals surface area contributed by atoms with Gasteiger partial charge in [-0.3, -0.25) is 4.79 Å². The highest BCUT2D eigenvalue weighted by Crippen LogP contribution is 2.23. The number of nitrogens with zero attached hydrogens (tertiary/aromatic N) is 4. The van der Waals surface area contributed by atoms with Crippen molar-refractivity contribution in [2.45, 2.75) is 33.3 Å². The zero-order valence-electron chi connectivity index (χ0n) is 19.3. The molecule has 3 aromatic rings. The number of para-hydroxylation sites is 1. The molecule has 1 aliphatic rings. The summed E-state index contributed by atoms with van der Waals surface area (Å²) < 4.78 is 19.1. The molecule has 1 amide bonds. The first-order valence-electron chi connectivity index (χ1n) is 11.3. The fourth-order valence-corrected chi connectivity index (χ4v) is 3.81. The Kier molecular flexibility index (Phi) is 6.87. The maximum absolute atomic E-state index is 13.3. The number of halogens is 1. The van der Waals surface area contributed by atoms with Crippen LogP contribution in [0.15, 0.2) is 54.6 Å². The summed E-state index contributed by atoms with van der Waals surface area (Å²) in [7, 11) is 0. The number of hydrogen-bond acceptors (Lipinski definition) is 5. The number of carbonyl (C=O) groups excluding carboxylic acids is 1. The Morgan fingerprint density at radius 3 is 2.42 bits per heavy atom. The first-order valence-corrected chi connectivity index (χ1v) is 11.3. The fraction of sp³-hybridized carbons (Fsp3) is 0.346. The molecule has 0 unspecified atom stereocenters. The van der Waals surface area contributed by atoms with Crippen LogP contribution in [0, 0.1) is 12.7 Å². The smallest absolute Gasteiger partial charge is 0.257 e. The summed E-state index contributed by atoms with van der Waals surface area (Å²) in [6.07, 6.45) is 0. The molecule has 6 nitrogen and oxygen atoms in total. The minimum Gasteiger partial charge on any atom is -0.488 e. The average Bonchev–Trinajstić information content (AvgIpc) is 2.83. The van der Waals surface area contributed by atoms with Crippen molar-refractivity contribution in [1.29, 1.82) is 0 Å². The average molecular weight is 449 g/mol. The molecule has 0 N–H and O–H groups in total. The molecular weight excluding hydrogens is 419 g/mol. The number of piperazine rings is 1. The first kappa shape index (κ1) is 22.7. The van der Waals surface area contributed by atoms with Crippen LogP contribution in [0.3, 0.4) is 0 Å². The summed E-state index contributed by atoms with van der Waals surface area (Å²) in [6.45, 7) is 9.05. The van der Waals surface area contributed by atoms with Crippen molar-refractivity contribution in [3.63, 3.8) is 0 Å². The van der Waals surface area contributed by atoms with Crippen molar-refractivity contribution in [1.82, 2.24) is 14.9 Å². The molecule has 1 aliphatic heterocycles. The van der Waals surface area contributed by atoms with E-state index in [0.717, 1.165) is 22.9 Å². The van der Waals surface area contributed by atoms with Crippen LogP contribution in [-0.4, -0.2) is 47.0 Å². The normalized spacial score (nSPS) is 14.0. The van der Waals surface area contributed by atoms with Crippen molar-refractivity contribution >= 4 is 11.7 Å². The van der Waals surface area contributed by atoms with E-state index < -0.39 is 0 Å².